The average molecular weight is 257 g/mol. The molecule has 2 saturated heterocycles. The molecule has 0 spiro atoms. The predicted molar refractivity (Wildman–Crippen MR) is 73.4 cm³/mol. The van der Waals surface area contributed by atoms with Crippen molar-refractivity contribution in [1.29, 1.82) is 0 Å². The first kappa shape index (κ1) is 13.0. The first-order valence-corrected chi connectivity index (χ1v) is 7.59. The third kappa shape index (κ3) is 3.52. The van der Waals surface area contributed by atoms with Crippen LogP contribution in [0.4, 0.5) is 0 Å². The van der Waals surface area contributed by atoms with Crippen molar-refractivity contribution in [1.82, 2.24) is 4.90 Å². The molecule has 2 heterocycles. The maximum absolute atomic E-state index is 10.2. The molecule has 2 rings (SSSR count). The Kier molecular flexibility index (Phi) is 4.20. The zero-order valence-corrected chi connectivity index (χ0v) is 11.4. The summed E-state index contributed by atoms with van der Waals surface area (Å²) in [6.07, 6.45) is 3.31. The fraction of sp³-hybridized carbons (Fsp3) is 0.917. The minimum Gasteiger partial charge on any atom is -0.387 e. The molecular weight excluding hydrogens is 234 g/mol. The van der Waals surface area contributed by atoms with Gasteiger partial charge >= 0.3 is 0 Å². The van der Waals surface area contributed by atoms with Crippen LogP contribution in [0.15, 0.2) is 4.99 Å². The molecule has 5 heteroatoms. The Labute approximate surface area is 108 Å². The van der Waals surface area contributed by atoms with Gasteiger partial charge in [-0.1, -0.05) is 6.92 Å². The standard InChI is InChI=1S/C12H23N3OS/c1-10-3-2-5-15(7-10)11(13)14-8-12(16)4-6-17-9-12/h10,16H,2-9H2,1H3,(H2,13,14). The number of likely N-dealkylation sites (tertiary alicyclic amines) is 1. The number of hydrogen-bond donors (Lipinski definition) is 2. The van der Waals surface area contributed by atoms with Crippen LogP contribution in [-0.2, 0) is 0 Å². The molecule has 0 aromatic heterocycles. The molecule has 2 aliphatic rings. The molecule has 3 N–H and O–H groups in total. The summed E-state index contributed by atoms with van der Waals surface area (Å²) in [5.74, 6) is 3.14. The molecule has 98 valence electrons. The van der Waals surface area contributed by atoms with E-state index < -0.39 is 5.60 Å². The van der Waals surface area contributed by atoms with E-state index in [4.69, 9.17) is 5.73 Å². The van der Waals surface area contributed by atoms with Crippen molar-refractivity contribution in [3.05, 3.63) is 0 Å². The highest BCUT2D eigenvalue weighted by molar-refractivity contribution is 7.99. The van der Waals surface area contributed by atoms with Crippen molar-refractivity contribution in [2.24, 2.45) is 16.6 Å². The van der Waals surface area contributed by atoms with E-state index in [0.29, 0.717) is 18.4 Å². The van der Waals surface area contributed by atoms with E-state index in [1.54, 1.807) is 11.8 Å². The second-order valence-electron chi connectivity index (χ2n) is 5.39. The first-order valence-electron chi connectivity index (χ1n) is 6.44. The highest BCUT2D eigenvalue weighted by Gasteiger charge is 2.31. The van der Waals surface area contributed by atoms with E-state index >= 15 is 0 Å². The second-order valence-corrected chi connectivity index (χ2v) is 6.50. The molecule has 0 saturated carbocycles. The summed E-state index contributed by atoms with van der Waals surface area (Å²) in [6, 6.07) is 0. The number of thioether (sulfide) groups is 1. The predicted octanol–water partition coefficient (Wildman–Crippen LogP) is 0.901. The highest BCUT2D eigenvalue weighted by atomic mass is 32.2. The van der Waals surface area contributed by atoms with Crippen molar-refractivity contribution in [2.75, 3.05) is 31.1 Å². The summed E-state index contributed by atoms with van der Waals surface area (Å²) < 4.78 is 0. The number of nitrogens with zero attached hydrogens (tertiary/aromatic N) is 2. The van der Waals surface area contributed by atoms with Crippen LogP contribution >= 0.6 is 11.8 Å². The van der Waals surface area contributed by atoms with Crippen molar-refractivity contribution in [3.8, 4) is 0 Å². The summed E-state index contributed by atoms with van der Waals surface area (Å²) in [6.45, 7) is 4.71. The number of guanidine groups is 1. The fourth-order valence-electron chi connectivity index (χ4n) is 2.45. The summed E-state index contributed by atoms with van der Waals surface area (Å²) in [5, 5.41) is 10.2. The SMILES string of the molecule is CC1CCCN(C(N)=NCC2(O)CCSC2)C1. The Balaban J connectivity index is 1.87. The molecule has 2 fully saturated rings. The van der Waals surface area contributed by atoms with Crippen LogP contribution in [0.1, 0.15) is 26.2 Å². The number of hydrogen-bond acceptors (Lipinski definition) is 3. The van der Waals surface area contributed by atoms with Crippen LogP contribution in [-0.4, -0.2) is 52.7 Å². The lowest BCUT2D eigenvalue weighted by molar-refractivity contribution is 0.0775. The van der Waals surface area contributed by atoms with E-state index in [1.807, 2.05) is 0 Å². The molecule has 17 heavy (non-hydrogen) atoms. The minimum atomic E-state index is -0.614. The van der Waals surface area contributed by atoms with Gasteiger partial charge in [-0.15, -0.1) is 0 Å². The van der Waals surface area contributed by atoms with Gasteiger partial charge in [0.2, 0.25) is 0 Å². The summed E-state index contributed by atoms with van der Waals surface area (Å²) >= 11 is 1.79. The molecular formula is C12H23N3OS. The highest BCUT2D eigenvalue weighted by Crippen LogP contribution is 2.28. The lowest BCUT2D eigenvalue weighted by Crippen LogP contribution is -2.44. The van der Waals surface area contributed by atoms with Crippen LogP contribution in [0.25, 0.3) is 0 Å². The van der Waals surface area contributed by atoms with E-state index in [-0.39, 0.29) is 0 Å². The van der Waals surface area contributed by atoms with Crippen LogP contribution < -0.4 is 5.73 Å². The van der Waals surface area contributed by atoms with Gasteiger partial charge in [0.1, 0.15) is 0 Å². The maximum atomic E-state index is 10.2. The Morgan fingerprint density at radius 2 is 2.47 bits per heavy atom. The minimum absolute atomic E-state index is 0.455. The van der Waals surface area contributed by atoms with E-state index in [0.717, 1.165) is 31.0 Å². The van der Waals surface area contributed by atoms with Gasteiger partial charge in [-0.25, -0.2) is 0 Å². The molecule has 0 aliphatic carbocycles. The van der Waals surface area contributed by atoms with E-state index in [9.17, 15) is 5.11 Å². The molecule has 4 nitrogen and oxygen atoms in total. The van der Waals surface area contributed by atoms with Gasteiger partial charge in [0.15, 0.2) is 5.96 Å². The van der Waals surface area contributed by atoms with Crippen molar-refractivity contribution < 1.29 is 5.11 Å². The molecule has 2 unspecified atom stereocenters. The van der Waals surface area contributed by atoms with Gasteiger partial charge in [0, 0.05) is 18.8 Å². The fourth-order valence-corrected chi connectivity index (χ4v) is 3.73. The Morgan fingerprint density at radius 1 is 1.65 bits per heavy atom. The lowest BCUT2D eigenvalue weighted by atomic mass is 10.0. The topological polar surface area (TPSA) is 61.8 Å². The third-order valence-electron chi connectivity index (χ3n) is 3.60. The third-order valence-corrected chi connectivity index (χ3v) is 4.83. The summed E-state index contributed by atoms with van der Waals surface area (Å²) in [5.41, 5.74) is 5.39. The largest absolute Gasteiger partial charge is 0.387 e. The van der Waals surface area contributed by atoms with Crippen molar-refractivity contribution in [2.45, 2.75) is 31.8 Å². The molecule has 0 radical (unpaired) electrons. The van der Waals surface area contributed by atoms with Crippen molar-refractivity contribution in [3.63, 3.8) is 0 Å². The van der Waals surface area contributed by atoms with Gasteiger partial charge in [0.25, 0.3) is 0 Å². The first-order chi connectivity index (χ1) is 8.09. The molecule has 0 aromatic rings. The average Bonchev–Trinajstić information content (AvgIpc) is 2.74. The van der Waals surface area contributed by atoms with Crippen LogP contribution in [0.2, 0.25) is 0 Å². The molecule has 2 atom stereocenters. The number of piperidine rings is 1. The Morgan fingerprint density at radius 3 is 3.12 bits per heavy atom. The number of nitrogens with two attached hydrogens (primary N) is 1. The summed E-state index contributed by atoms with van der Waals surface area (Å²) in [7, 11) is 0. The van der Waals surface area contributed by atoms with Gasteiger partial charge < -0.3 is 15.7 Å². The normalized spacial score (nSPS) is 35.3. The number of aliphatic imine (C=N–C) groups is 1. The maximum Gasteiger partial charge on any atom is 0.191 e. The summed E-state index contributed by atoms with van der Waals surface area (Å²) in [4.78, 5) is 6.55. The zero-order chi connectivity index (χ0) is 12.3. The Hall–Kier alpha value is -0.420. The quantitative estimate of drug-likeness (QED) is 0.570. The van der Waals surface area contributed by atoms with Crippen LogP contribution in [0.3, 0.4) is 0 Å². The molecule has 0 bridgehead atoms. The van der Waals surface area contributed by atoms with Gasteiger partial charge in [-0.2, -0.15) is 11.8 Å². The van der Waals surface area contributed by atoms with Crippen molar-refractivity contribution >= 4 is 17.7 Å². The molecule has 0 amide bonds. The van der Waals surface area contributed by atoms with Gasteiger partial charge in [-0.05, 0) is 30.9 Å². The number of rotatable bonds is 2. The van der Waals surface area contributed by atoms with Crippen LogP contribution in [0.5, 0.6) is 0 Å². The lowest BCUT2D eigenvalue weighted by Gasteiger charge is -2.32. The molecule has 0 aromatic carbocycles. The number of aliphatic hydroxyl groups is 1. The Bertz CT molecular complexity index is 289. The molecule has 2 aliphatic heterocycles. The van der Waals surface area contributed by atoms with E-state index in [2.05, 4.69) is 16.8 Å². The van der Waals surface area contributed by atoms with E-state index in [1.165, 1.54) is 12.8 Å². The van der Waals surface area contributed by atoms with Gasteiger partial charge in [0.05, 0.1) is 12.1 Å². The second kappa shape index (κ2) is 5.48. The van der Waals surface area contributed by atoms with Crippen LogP contribution in [0, 0.1) is 5.92 Å². The zero-order valence-electron chi connectivity index (χ0n) is 10.6. The smallest absolute Gasteiger partial charge is 0.191 e. The monoisotopic (exact) mass is 257 g/mol. The van der Waals surface area contributed by atoms with Gasteiger partial charge in [-0.3, -0.25) is 4.99 Å².